The number of phenols is 1. The summed E-state index contributed by atoms with van der Waals surface area (Å²) < 4.78 is 46.8. The van der Waals surface area contributed by atoms with Gasteiger partial charge in [0.2, 0.25) is 0 Å². The number of esters is 1. The van der Waals surface area contributed by atoms with Crippen molar-refractivity contribution in [3.63, 3.8) is 0 Å². The number of ether oxygens (including phenoxy) is 1. The first-order valence-corrected chi connectivity index (χ1v) is 15.7. The van der Waals surface area contributed by atoms with Gasteiger partial charge in [-0.2, -0.15) is 13.2 Å². The fraction of sp³-hybridized carbons (Fsp3) is 0.167. The van der Waals surface area contributed by atoms with Crippen LogP contribution in [0.1, 0.15) is 61.9 Å². The van der Waals surface area contributed by atoms with Gasteiger partial charge in [-0.25, -0.2) is 9.78 Å². The highest BCUT2D eigenvalue weighted by Gasteiger charge is 2.43. The van der Waals surface area contributed by atoms with Crippen LogP contribution in [-0.4, -0.2) is 56.5 Å². The molecule has 5 heterocycles. The van der Waals surface area contributed by atoms with Gasteiger partial charge >= 0.3 is 12.1 Å². The van der Waals surface area contributed by atoms with Crippen molar-refractivity contribution in [3.8, 4) is 5.75 Å². The molecule has 0 bridgehead atoms. The Hall–Kier alpha value is -6.31. The third kappa shape index (κ3) is 4.74. The zero-order valence-electron chi connectivity index (χ0n) is 26.5. The molecule has 7 aromatic rings. The van der Waals surface area contributed by atoms with Gasteiger partial charge in [-0.15, -0.1) is 0 Å². The topological polar surface area (TPSA) is 156 Å². The number of fused-ring (bicyclic) bond motifs is 7. The van der Waals surface area contributed by atoms with E-state index in [0.717, 1.165) is 28.9 Å². The van der Waals surface area contributed by atoms with Crippen LogP contribution in [0.25, 0.3) is 43.6 Å². The minimum atomic E-state index is -4.94. The van der Waals surface area contributed by atoms with Crippen molar-refractivity contribution in [2.24, 2.45) is 0 Å². The molecule has 2 amide bonds. The number of aromatic amines is 3. The smallest absolute Gasteiger partial charge is 0.432 e. The molecule has 1 atom stereocenters. The number of nitrogens with zero attached hydrogens (tertiary/aromatic N) is 2. The number of anilines is 2. The number of hydrogen-bond acceptors (Lipinski definition) is 6. The average Bonchev–Trinajstić information content (AvgIpc) is 3.88. The molecule has 0 aliphatic carbocycles. The summed E-state index contributed by atoms with van der Waals surface area (Å²) in [5.41, 5.74) is 1.39. The Morgan fingerprint density at radius 1 is 1.00 bits per heavy atom. The van der Waals surface area contributed by atoms with Crippen molar-refractivity contribution >= 4 is 72.8 Å². The first-order valence-electron chi connectivity index (χ1n) is 15.7. The monoisotopic (exact) mass is 680 g/mol. The third-order valence-electron chi connectivity index (χ3n) is 9.32. The molecule has 1 aliphatic heterocycles. The van der Waals surface area contributed by atoms with Crippen LogP contribution in [0.4, 0.5) is 24.5 Å². The number of pyridine rings is 1. The van der Waals surface area contributed by atoms with Crippen LogP contribution >= 0.6 is 0 Å². The maximum atomic E-state index is 14.0. The lowest BCUT2D eigenvalue weighted by Gasteiger charge is -2.17. The highest BCUT2D eigenvalue weighted by Crippen LogP contribution is 2.50. The maximum absolute atomic E-state index is 14.0. The Labute approximate surface area is 280 Å². The van der Waals surface area contributed by atoms with E-state index in [2.05, 4.69) is 25.3 Å². The largest absolute Gasteiger partial charge is 0.506 e. The Kier molecular flexibility index (Phi) is 6.89. The number of phenolic OH excluding ortho intramolecular Hbond substituents is 1. The van der Waals surface area contributed by atoms with Crippen molar-refractivity contribution in [2.75, 3.05) is 23.9 Å². The molecule has 0 fully saturated rings. The molecule has 1 aliphatic rings. The van der Waals surface area contributed by atoms with E-state index in [1.807, 2.05) is 31.2 Å². The van der Waals surface area contributed by atoms with Crippen molar-refractivity contribution in [1.29, 1.82) is 0 Å². The zero-order valence-corrected chi connectivity index (χ0v) is 26.5. The van der Waals surface area contributed by atoms with E-state index in [0.29, 0.717) is 28.6 Å². The number of halogens is 3. The lowest BCUT2D eigenvalue weighted by Crippen LogP contribution is -2.30. The molecule has 0 saturated heterocycles. The predicted molar refractivity (Wildman–Crippen MR) is 181 cm³/mol. The second-order valence-corrected chi connectivity index (χ2v) is 12.2. The molecule has 11 nitrogen and oxygen atoms in total. The molecule has 0 spiro atoms. The quantitative estimate of drug-likeness (QED) is 0.118. The normalized spacial score (nSPS) is 14.6. The van der Waals surface area contributed by atoms with E-state index in [1.54, 1.807) is 36.5 Å². The number of para-hydroxylation sites is 1. The highest BCUT2D eigenvalue weighted by atomic mass is 19.4. The fourth-order valence-corrected chi connectivity index (χ4v) is 7.00. The lowest BCUT2D eigenvalue weighted by atomic mass is 9.92. The van der Waals surface area contributed by atoms with Gasteiger partial charge in [0.15, 0.2) is 0 Å². The first kappa shape index (κ1) is 31.0. The minimum Gasteiger partial charge on any atom is -0.506 e. The summed E-state index contributed by atoms with van der Waals surface area (Å²) in [5, 5.41) is 16.1. The molecule has 0 radical (unpaired) electrons. The van der Waals surface area contributed by atoms with Crippen LogP contribution in [-0.2, 0) is 10.9 Å². The van der Waals surface area contributed by atoms with Crippen LogP contribution in [0, 0.1) is 0 Å². The van der Waals surface area contributed by atoms with Crippen LogP contribution in [0.2, 0.25) is 0 Å². The number of alkyl halides is 3. The first-order chi connectivity index (χ1) is 24.0. The second kappa shape index (κ2) is 11.1. The number of methoxy groups -OCH3 is 1. The number of H-pyrrole nitrogens is 3. The number of aromatic nitrogens is 4. The SMILES string of the molecule is CC[C@@H]1CN(C(=O)c2cc3cc(NC(=O)c4cc5c(cn4)[nH]c4ccccc45)ccc3[nH]2)c2cc(O)c3[nH]c(C(F)(F)F)c(C(=O)OC)c3c21. The molecule has 14 heteroatoms. The van der Waals surface area contributed by atoms with Crippen LogP contribution < -0.4 is 10.2 Å². The van der Waals surface area contributed by atoms with Crippen molar-refractivity contribution in [2.45, 2.75) is 25.4 Å². The lowest BCUT2D eigenvalue weighted by molar-refractivity contribution is -0.141. The van der Waals surface area contributed by atoms with Crippen LogP contribution in [0.3, 0.4) is 0 Å². The maximum Gasteiger partial charge on any atom is 0.432 e. The zero-order chi connectivity index (χ0) is 35.1. The van der Waals surface area contributed by atoms with Gasteiger partial charge in [0.1, 0.15) is 22.8 Å². The second-order valence-electron chi connectivity index (χ2n) is 12.2. The van der Waals surface area contributed by atoms with E-state index in [9.17, 15) is 32.7 Å². The standard InChI is InChI=1S/C36H27F3N6O5/c1-3-16-15-45(26-13-27(46)31-29(28(16)26)30(35(49)50-2)32(44-31)36(37,38)39)34(48)24-11-17-10-18(8-9-21(17)42-24)41-33(47)23-12-20-19-6-4-5-7-22(19)43-25(20)14-40-23/h4-14,16,42-44,46H,3,15H2,1-2H3,(H,41,47)/t16-/m1/s1. The molecular weight excluding hydrogens is 653 g/mol. The number of rotatable bonds is 5. The molecule has 252 valence electrons. The predicted octanol–water partition coefficient (Wildman–Crippen LogP) is 7.60. The molecular formula is C36H27F3N6O5. The minimum absolute atomic E-state index is 0.0980. The molecule has 5 N–H and O–H groups in total. The summed E-state index contributed by atoms with van der Waals surface area (Å²) in [7, 11) is 0.977. The number of nitrogens with one attached hydrogen (secondary N) is 4. The Bertz CT molecular complexity index is 2560. The summed E-state index contributed by atoms with van der Waals surface area (Å²) in [5.74, 6) is -3.13. The number of carbonyl (C=O) groups excluding carboxylic acids is 3. The van der Waals surface area contributed by atoms with Gasteiger partial charge in [0.05, 0.1) is 35.6 Å². The van der Waals surface area contributed by atoms with E-state index in [-0.39, 0.29) is 34.5 Å². The Morgan fingerprint density at radius 3 is 2.56 bits per heavy atom. The van der Waals surface area contributed by atoms with E-state index < -0.39 is 46.9 Å². The van der Waals surface area contributed by atoms with Gasteiger partial charge in [0.25, 0.3) is 11.8 Å². The molecule has 0 unspecified atom stereocenters. The summed E-state index contributed by atoms with van der Waals surface area (Å²) in [6.07, 6.45) is -2.90. The van der Waals surface area contributed by atoms with Crippen molar-refractivity contribution in [3.05, 3.63) is 95.1 Å². The number of aromatic hydroxyl groups is 1. The van der Waals surface area contributed by atoms with Gasteiger partial charge in [-0.1, -0.05) is 25.1 Å². The molecule has 4 aromatic heterocycles. The Morgan fingerprint density at radius 2 is 1.80 bits per heavy atom. The summed E-state index contributed by atoms with van der Waals surface area (Å²) >= 11 is 0. The third-order valence-corrected chi connectivity index (χ3v) is 9.32. The van der Waals surface area contributed by atoms with E-state index >= 15 is 0 Å². The van der Waals surface area contributed by atoms with Crippen molar-refractivity contribution < 1.29 is 37.4 Å². The fourth-order valence-electron chi connectivity index (χ4n) is 7.00. The van der Waals surface area contributed by atoms with Crippen molar-refractivity contribution in [1.82, 2.24) is 19.9 Å². The molecule has 50 heavy (non-hydrogen) atoms. The summed E-state index contributed by atoms with van der Waals surface area (Å²) in [6, 6.07) is 17.4. The highest BCUT2D eigenvalue weighted by molar-refractivity contribution is 6.15. The van der Waals surface area contributed by atoms with Crippen LogP contribution in [0.5, 0.6) is 5.75 Å². The van der Waals surface area contributed by atoms with Crippen LogP contribution in [0.15, 0.2) is 66.9 Å². The summed E-state index contributed by atoms with van der Waals surface area (Å²) in [4.78, 5) is 54.2. The number of hydrogen-bond donors (Lipinski definition) is 5. The average molecular weight is 681 g/mol. The summed E-state index contributed by atoms with van der Waals surface area (Å²) in [6.45, 7) is 1.92. The van der Waals surface area contributed by atoms with E-state index in [4.69, 9.17) is 4.74 Å². The molecule has 3 aromatic carbocycles. The number of amides is 2. The molecule has 0 saturated carbocycles. The van der Waals surface area contributed by atoms with Gasteiger partial charge in [-0.3, -0.25) is 9.59 Å². The van der Waals surface area contributed by atoms with Gasteiger partial charge in [0, 0.05) is 56.8 Å². The van der Waals surface area contributed by atoms with Gasteiger partial charge < -0.3 is 35.0 Å². The van der Waals surface area contributed by atoms with E-state index in [1.165, 1.54) is 11.0 Å². The molecule has 8 rings (SSSR count). The number of carbonyl (C=O) groups is 3. The number of benzene rings is 3. The van der Waals surface area contributed by atoms with Gasteiger partial charge in [-0.05, 0) is 48.4 Å². The Balaban J connectivity index is 1.12.